The van der Waals surface area contributed by atoms with E-state index in [4.69, 9.17) is 0 Å². The number of hydrogen-bond acceptors (Lipinski definition) is 3. The van der Waals surface area contributed by atoms with Crippen molar-refractivity contribution in [2.24, 2.45) is 0 Å². The number of nitriles is 1. The third-order valence-electron chi connectivity index (χ3n) is 4.20. The van der Waals surface area contributed by atoms with E-state index < -0.39 is 0 Å². The number of nitrogens with zero attached hydrogens (tertiary/aromatic N) is 3. The van der Waals surface area contributed by atoms with E-state index in [0.29, 0.717) is 24.3 Å². The molecule has 0 aliphatic rings. The predicted octanol–water partition coefficient (Wildman–Crippen LogP) is 3.35. The van der Waals surface area contributed by atoms with Crippen molar-refractivity contribution in [3.63, 3.8) is 0 Å². The second-order valence-electron chi connectivity index (χ2n) is 5.94. The van der Waals surface area contributed by atoms with Crippen LogP contribution >= 0.6 is 0 Å². The molecule has 0 radical (unpaired) electrons. The van der Waals surface area contributed by atoms with E-state index >= 15 is 0 Å². The zero-order valence-corrected chi connectivity index (χ0v) is 15.2. The standard InChI is InChI=1S/C21H23N3O2/c1-3-23(16-18-9-5-4-6-10-18)21(26)13-14-24(17(2)25)20-12-8-7-11-19(20)15-22/h4-12H,3,13-14,16H2,1-2H3. The van der Waals surface area contributed by atoms with E-state index in [9.17, 15) is 14.9 Å². The lowest BCUT2D eigenvalue weighted by Crippen LogP contribution is -2.36. The Morgan fingerprint density at radius 2 is 1.69 bits per heavy atom. The monoisotopic (exact) mass is 349 g/mol. The van der Waals surface area contributed by atoms with Gasteiger partial charge < -0.3 is 9.80 Å². The van der Waals surface area contributed by atoms with Crippen LogP contribution in [0.4, 0.5) is 5.69 Å². The number of rotatable bonds is 7. The molecule has 0 aliphatic carbocycles. The second kappa shape index (κ2) is 9.38. The maximum absolute atomic E-state index is 12.6. The molecule has 26 heavy (non-hydrogen) atoms. The van der Waals surface area contributed by atoms with Crippen LogP contribution < -0.4 is 4.90 Å². The molecule has 2 rings (SSSR count). The lowest BCUT2D eigenvalue weighted by molar-refractivity contribution is -0.131. The molecule has 0 spiro atoms. The summed E-state index contributed by atoms with van der Waals surface area (Å²) in [6.07, 6.45) is 0.208. The Hall–Kier alpha value is -3.13. The van der Waals surface area contributed by atoms with Gasteiger partial charge in [-0.15, -0.1) is 0 Å². The fraction of sp³-hybridized carbons (Fsp3) is 0.286. The average Bonchev–Trinajstić information content (AvgIpc) is 2.67. The van der Waals surface area contributed by atoms with Gasteiger partial charge in [-0.3, -0.25) is 9.59 Å². The van der Waals surface area contributed by atoms with Crippen molar-refractivity contribution in [2.75, 3.05) is 18.0 Å². The molecule has 2 aromatic rings. The Labute approximate surface area is 154 Å². The fourth-order valence-corrected chi connectivity index (χ4v) is 2.80. The molecule has 134 valence electrons. The summed E-state index contributed by atoms with van der Waals surface area (Å²) in [6, 6.07) is 18.8. The number of para-hydroxylation sites is 1. The summed E-state index contributed by atoms with van der Waals surface area (Å²) in [5, 5.41) is 9.25. The molecule has 0 fully saturated rings. The number of amides is 2. The maximum atomic E-state index is 12.6. The minimum Gasteiger partial charge on any atom is -0.339 e. The first-order chi connectivity index (χ1) is 12.6. The second-order valence-corrected chi connectivity index (χ2v) is 5.94. The van der Waals surface area contributed by atoms with Gasteiger partial charge in [-0.05, 0) is 24.6 Å². The van der Waals surface area contributed by atoms with Gasteiger partial charge in [0.15, 0.2) is 0 Å². The van der Waals surface area contributed by atoms with Crippen LogP contribution in [0.5, 0.6) is 0 Å². The van der Waals surface area contributed by atoms with Crippen LogP contribution in [0.25, 0.3) is 0 Å². The lowest BCUT2D eigenvalue weighted by atomic mass is 10.1. The molecule has 5 nitrogen and oxygen atoms in total. The molecule has 0 unspecified atom stereocenters. The van der Waals surface area contributed by atoms with Gasteiger partial charge in [0.25, 0.3) is 0 Å². The number of carbonyl (C=O) groups is 2. The molecule has 2 amide bonds. The molecule has 0 saturated heterocycles. The van der Waals surface area contributed by atoms with Crippen molar-refractivity contribution in [1.29, 1.82) is 5.26 Å². The van der Waals surface area contributed by atoms with E-state index in [0.717, 1.165) is 5.56 Å². The fourth-order valence-electron chi connectivity index (χ4n) is 2.80. The van der Waals surface area contributed by atoms with Crippen molar-refractivity contribution in [3.05, 3.63) is 65.7 Å². The summed E-state index contributed by atoms with van der Waals surface area (Å²) in [5.41, 5.74) is 2.04. The zero-order chi connectivity index (χ0) is 18.9. The Balaban J connectivity index is 2.07. The smallest absolute Gasteiger partial charge is 0.224 e. The van der Waals surface area contributed by atoms with Crippen molar-refractivity contribution in [1.82, 2.24) is 4.90 Å². The molecule has 0 aromatic heterocycles. The summed E-state index contributed by atoms with van der Waals surface area (Å²) in [7, 11) is 0. The molecule has 5 heteroatoms. The van der Waals surface area contributed by atoms with E-state index in [1.807, 2.05) is 37.3 Å². The van der Waals surface area contributed by atoms with E-state index in [-0.39, 0.29) is 24.8 Å². The first-order valence-corrected chi connectivity index (χ1v) is 8.65. The quantitative estimate of drug-likeness (QED) is 0.770. The Kier molecular flexibility index (Phi) is 6.92. The van der Waals surface area contributed by atoms with Crippen LogP contribution in [0.1, 0.15) is 31.4 Å². The van der Waals surface area contributed by atoms with Crippen LogP contribution in [0.15, 0.2) is 54.6 Å². The van der Waals surface area contributed by atoms with Gasteiger partial charge in [0.05, 0.1) is 11.3 Å². The van der Waals surface area contributed by atoms with Crippen molar-refractivity contribution in [3.8, 4) is 6.07 Å². The Morgan fingerprint density at radius 1 is 1.04 bits per heavy atom. The highest BCUT2D eigenvalue weighted by Gasteiger charge is 2.19. The van der Waals surface area contributed by atoms with Crippen LogP contribution in [-0.4, -0.2) is 29.8 Å². The lowest BCUT2D eigenvalue weighted by Gasteiger charge is -2.25. The van der Waals surface area contributed by atoms with Crippen molar-refractivity contribution >= 4 is 17.5 Å². The largest absolute Gasteiger partial charge is 0.339 e. The van der Waals surface area contributed by atoms with Gasteiger partial charge in [-0.1, -0.05) is 42.5 Å². The van der Waals surface area contributed by atoms with E-state index in [1.54, 1.807) is 29.2 Å². The molecule has 0 atom stereocenters. The highest BCUT2D eigenvalue weighted by Crippen LogP contribution is 2.20. The van der Waals surface area contributed by atoms with Gasteiger partial charge in [-0.25, -0.2) is 0 Å². The van der Waals surface area contributed by atoms with Crippen LogP contribution in [0.2, 0.25) is 0 Å². The Morgan fingerprint density at radius 3 is 2.31 bits per heavy atom. The van der Waals surface area contributed by atoms with Crippen molar-refractivity contribution < 1.29 is 9.59 Å². The first-order valence-electron chi connectivity index (χ1n) is 8.65. The summed E-state index contributed by atoms with van der Waals surface area (Å²) >= 11 is 0. The third-order valence-corrected chi connectivity index (χ3v) is 4.20. The van der Waals surface area contributed by atoms with E-state index in [1.165, 1.54) is 11.8 Å². The summed E-state index contributed by atoms with van der Waals surface area (Å²) in [4.78, 5) is 27.9. The summed E-state index contributed by atoms with van der Waals surface area (Å²) < 4.78 is 0. The molecular weight excluding hydrogens is 326 g/mol. The normalized spacial score (nSPS) is 10.0. The minimum absolute atomic E-state index is 0.0166. The molecule has 0 N–H and O–H groups in total. The number of carbonyl (C=O) groups excluding carboxylic acids is 2. The molecule has 2 aromatic carbocycles. The van der Waals surface area contributed by atoms with Crippen molar-refractivity contribution in [2.45, 2.75) is 26.8 Å². The Bertz CT molecular complexity index is 796. The topological polar surface area (TPSA) is 64.4 Å². The number of hydrogen-bond donors (Lipinski definition) is 0. The summed E-state index contributed by atoms with van der Waals surface area (Å²) in [6.45, 7) is 4.78. The SMILES string of the molecule is CCN(Cc1ccccc1)C(=O)CCN(C(C)=O)c1ccccc1C#N. The van der Waals surface area contributed by atoms with Gasteiger partial charge in [0, 0.05) is 33.0 Å². The van der Waals surface area contributed by atoms with Gasteiger partial charge in [0.1, 0.15) is 6.07 Å². The molecule has 0 heterocycles. The van der Waals surface area contributed by atoms with Crippen LogP contribution in [0, 0.1) is 11.3 Å². The minimum atomic E-state index is -0.188. The third kappa shape index (κ3) is 4.93. The number of benzene rings is 2. The molecule has 0 aliphatic heterocycles. The van der Waals surface area contributed by atoms with Gasteiger partial charge >= 0.3 is 0 Å². The number of anilines is 1. The van der Waals surface area contributed by atoms with Gasteiger partial charge in [0.2, 0.25) is 11.8 Å². The highest BCUT2D eigenvalue weighted by atomic mass is 16.2. The van der Waals surface area contributed by atoms with E-state index in [2.05, 4.69) is 6.07 Å². The molecule has 0 bridgehead atoms. The van der Waals surface area contributed by atoms with Gasteiger partial charge in [-0.2, -0.15) is 5.26 Å². The van der Waals surface area contributed by atoms with Crippen LogP contribution in [0.3, 0.4) is 0 Å². The average molecular weight is 349 g/mol. The highest BCUT2D eigenvalue weighted by molar-refractivity contribution is 5.93. The molecule has 0 saturated carbocycles. The molecular formula is C21H23N3O2. The summed E-state index contributed by atoms with van der Waals surface area (Å²) in [5.74, 6) is -0.205. The first kappa shape index (κ1) is 19.2. The maximum Gasteiger partial charge on any atom is 0.224 e. The predicted molar refractivity (Wildman–Crippen MR) is 101 cm³/mol. The zero-order valence-electron chi connectivity index (χ0n) is 15.2. The van der Waals surface area contributed by atoms with Crippen LogP contribution in [-0.2, 0) is 16.1 Å².